The van der Waals surface area contributed by atoms with Crippen molar-refractivity contribution in [1.29, 1.82) is 0 Å². The fourth-order valence-corrected chi connectivity index (χ4v) is 6.98. The van der Waals surface area contributed by atoms with Crippen molar-refractivity contribution in [2.45, 2.75) is 0 Å². The molecule has 9 rings (SSSR count). The summed E-state index contributed by atoms with van der Waals surface area (Å²) in [6, 6.07) is 61.0. The quantitative estimate of drug-likeness (QED) is 0.191. The first-order valence-electron chi connectivity index (χ1n) is 15.4. The second-order valence-electron chi connectivity index (χ2n) is 11.7. The molecule has 1 nitrogen and oxygen atoms in total. The highest BCUT2D eigenvalue weighted by atomic mass is 16.3. The molecule has 0 N–H and O–H groups in total. The summed E-state index contributed by atoms with van der Waals surface area (Å²) in [6.07, 6.45) is 0. The summed E-state index contributed by atoms with van der Waals surface area (Å²) in [5.74, 6) is 0. The smallest absolute Gasteiger partial charge is 0.136 e. The van der Waals surface area contributed by atoms with Crippen molar-refractivity contribution >= 4 is 43.5 Å². The lowest BCUT2D eigenvalue weighted by Gasteiger charge is -2.18. The van der Waals surface area contributed by atoms with Gasteiger partial charge in [-0.1, -0.05) is 140 Å². The van der Waals surface area contributed by atoms with Crippen molar-refractivity contribution in [3.63, 3.8) is 0 Å². The van der Waals surface area contributed by atoms with Crippen LogP contribution in [0.4, 0.5) is 0 Å². The summed E-state index contributed by atoms with van der Waals surface area (Å²) < 4.78 is 6.41. The first-order valence-corrected chi connectivity index (χ1v) is 15.4. The molecule has 9 aromatic rings. The molecule has 45 heavy (non-hydrogen) atoms. The number of rotatable bonds is 4. The number of fused-ring (bicyclic) bond motifs is 5. The molecule has 0 amide bonds. The van der Waals surface area contributed by atoms with Crippen LogP contribution in [0.3, 0.4) is 0 Å². The van der Waals surface area contributed by atoms with E-state index >= 15 is 0 Å². The first-order chi connectivity index (χ1) is 22.3. The molecule has 0 spiro atoms. The highest BCUT2D eigenvalue weighted by Crippen LogP contribution is 2.45. The van der Waals surface area contributed by atoms with Gasteiger partial charge in [0.25, 0.3) is 0 Å². The SMILES string of the molecule is c1ccc(-c2cccc(-c3c4ccccc4c(-c4ccc5oc6cc(-c7ccccc7)ccc6c5c4)c4ccccc34)c2)cc1. The highest BCUT2D eigenvalue weighted by molar-refractivity contribution is 6.22. The fraction of sp³-hybridized carbons (Fsp3) is 0. The van der Waals surface area contributed by atoms with Gasteiger partial charge in [-0.15, -0.1) is 0 Å². The van der Waals surface area contributed by atoms with Gasteiger partial charge in [0.1, 0.15) is 11.2 Å². The molecule has 1 aromatic heterocycles. The Morgan fingerprint density at radius 2 is 0.711 bits per heavy atom. The molecule has 1 heterocycles. The van der Waals surface area contributed by atoms with Crippen LogP contribution >= 0.6 is 0 Å². The Balaban J connectivity index is 1.27. The molecule has 0 saturated carbocycles. The van der Waals surface area contributed by atoms with Crippen LogP contribution in [0.5, 0.6) is 0 Å². The Morgan fingerprint density at radius 1 is 0.244 bits per heavy atom. The summed E-state index contributed by atoms with van der Waals surface area (Å²) in [7, 11) is 0. The Hall–Kier alpha value is -5.92. The molecule has 0 aliphatic carbocycles. The minimum atomic E-state index is 0.905. The second-order valence-corrected chi connectivity index (χ2v) is 11.7. The van der Waals surface area contributed by atoms with Crippen molar-refractivity contribution in [3.05, 3.63) is 170 Å². The molecule has 1 heteroatoms. The minimum Gasteiger partial charge on any atom is -0.456 e. The molecular formula is C44H28O. The Kier molecular flexibility index (Phi) is 5.89. The van der Waals surface area contributed by atoms with Crippen molar-refractivity contribution < 1.29 is 4.42 Å². The van der Waals surface area contributed by atoms with Crippen LogP contribution in [0.1, 0.15) is 0 Å². The third-order valence-electron chi connectivity index (χ3n) is 9.06. The average Bonchev–Trinajstić information content (AvgIpc) is 3.48. The molecule has 0 fully saturated rings. The van der Waals surface area contributed by atoms with Crippen molar-refractivity contribution in [1.82, 2.24) is 0 Å². The third-order valence-corrected chi connectivity index (χ3v) is 9.06. The number of benzene rings is 8. The van der Waals surface area contributed by atoms with E-state index in [2.05, 4.69) is 164 Å². The van der Waals surface area contributed by atoms with Gasteiger partial charge in [-0.25, -0.2) is 0 Å². The molecule has 0 aliphatic rings. The number of hydrogen-bond acceptors (Lipinski definition) is 1. The van der Waals surface area contributed by atoms with Gasteiger partial charge < -0.3 is 4.42 Å². The van der Waals surface area contributed by atoms with Gasteiger partial charge >= 0.3 is 0 Å². The van der Waals surface area contributed by atoms with Crippen LogP contribution in [0.15, 0.2) is 174 Å². The van der Waals surface area contributed by atoms with Crippen LogP contribution in [-0.4, -0.2) is 0 Å². The Bertz CT molecular complexity index is 2460. The lowest BCUT2D eigenvalue weighted by molar-refractivity contribution is 0.669. The van der Waals surface area contributed by atoms with Gasteiger partial charge in [0.2, 0.25) is 0 Å². The van der Waals surface area contributed by atoms with E-state index in [9.17, 15) is 0 Å². The van der Waals surface area contributed by atoms with Gasteiger partial charge in [0.15, 0.2) is 0 Å². The molecule has 8 aromatic carbocycles. The Morgan fingerprint density at radius 3 is 1.31 bits per heavy atom. The van der Waals surface area contributed by atoms with Crippen molar-refractivity contribution in [2.24, 2.45) is 0 Å². The molecular weight excluding hydrogens is 544 g/mol. The van der Waals surface area contributed by atoms with Gasteiger partial charge in [-0.2, -0.15) is 0 Å². The monoisotopic (exact) mass is 572 g/mol. The van der Waals surface area contributed by atoms with Gasteiger partial charge in [-0.05, 0) is 96.4 Å². The summed E-state index contributed by atoms with van der Waals surface area (Å²) in [6.45, 7) is 0. The predicted octanol–water partition coefficient (Wildman–Crippen LogP) is 12.6. The molecule has 0 atom stereocenters. The summed E-state index contributed by atoms with van der Waals surface area (Å²) in [5.41, 5.74) is 11.5. The predicted molar refractivity (Wildman–Crippen MR) is 190 cm³/mol. The lowest BCUT2D eigenvalue weighted by Crippen LogP contribution is -1.91. The zero-order valence-corrected chi connectivity index (χ0v) is 24.6. The van der Waals surface area contributed by atoms with Crippen LogP contribution < -0.4 is 0 Å². The van der Waals surface area contributed by atoms with Crippen LogP contribution in [0.25, 0.3) is 88.0 Å². The topological polar surface area (TPSA) is 13.1 Å². The van der Waals surface area contributed by atoms with E-state index in [0.717, 1.165) is 27.5 Å². The maximum atomic E-state index is 6.41. The number of furan rings is 1. The normalized spacial score (nSPS) is 11.6. The van der Waals surface area contributed by atoms with Crippen LogP contribution in [0.2, 0.25) is 0 Å². The van der Waals surface area contributed by atoms with E-state index < -0.39 is 0 Å². The minimum absolute atomic E-state index is 0.905. The molecule has 210 valence electrons. The van der Waals surface area contributed by atoms with Gasteiger partial charge in [-0.3, -0.25) is 0 Å². The van der Waals surface area contributed by atoms with E-state index in [0.29, 0.717) is 0 Å². The lowest BCUT2D eigenvalue weighted by atomic mass is 9.85. The molecule has 0 radical (unpaired) electrons. The molecule has 0 aliphatic heterocycles. The van der Waals surface area contributed by atoms with Crippen LogP contribution in [-0.2, 0) is 0 Å². The zero-order chi connectivity index (χ0) is 29.7. The first kappa shape index (κ1) is 25.6. The molecule has 0 bridgehead atoms. The largest absolute Gasteiger partial charge is 0.456 e. The summed E-state index contributed by atoms with van der Waals surface area (Å²) in [4.78, 5) is 0. The van der Waals surface area contributed by atoms with E-state index in [-0.39, 0.29) is 0 Å². The summed E-state index contributed by atoms with van der Waals surface area (Å²) in [5, 5.41) is 7.26. The molecule has 0 saturated heterocycles. The maximum Gasteiger partial charge on any atom is 0.136 e. The average molecular weight is 573 g/mol. The Labute approximate surface area is 261 Å². The van der Waals surface area contributed by atoms with Gasteiger partial charge in [0, 0.05) is 10.8 Å². The van der Waals surface area contributed by atoms with Crippen LogP contribution in [0, 0.1) is 0 Å². The standard InChI is InChI=1S/C44H28O/c1-3-12-29(13-4-1)31-16-11-17-33(26-31)43-36-18-7-9-20-38(36)44(39-21-10-8-19-37(39)43)34-23-25-41-40(27-34)35-24-22-32(28-42(35)45-41)30-14-5-2-6-15-30/h1-28H. The van der Waals surface area contributed by atoms with E-state index in [4.69, 9.17) is 4.42 Å². The third kappa shape index (κ3) is 4.24. The zero-order valence-electron chi connectivity index (χ0n) is 24.6. The molecule has 0 unspecified atom stereocenters. The van der Waals surface area contributed by atoms with E-state index in [1.54, 1.807) is 0 Å². The van der Waals surface area contributed by atoms with Crippen molar-refractivity contribution in [3.8, 4) is 44.5 Å². The maximum absolute atomic E-state index is 6.41. The number of hydrogen-bond donors (Lipinski definition) is 0. The van der Waals surface area contributed by atoms with Gasteiger partial charge in [0.05, 0.1) is 0 Å². The fourth-order valence-electron chi connectivity index (χ4n) is 6.98. The second kappa shape index (κ2) is 10.4. The van der Waals surface area contributed by atoms with E-state index in [1.165, 1.54) is 60.5 Å². The highest BCUT2D eigenvalue weighted by Gasteiger charge is 2.18. The van der Waals surface area contributed by atoms with E-state index in [1.807, 2.05) is 6.07 Å². The summed E-state index contributed by atoms with van der Waals surface area (Å²) >= 11 is 0. The van der Waals surface area contributed by atoms with Crippen molar-refractivity contribution in [2.75, 3.05) is 0 Å².